The normalized spacial score (nSPS) is 21.4. The molecule has 3 aromatic rings. The summed E-state index contributed by atoms with van der Waals surface area (Å²) in [7, 11) is 0. The molecule has 1 spiro atoms. The first-order valence-corrected chi connectivity index (χ1v) is 8.87. The first kappa shape index (κ1) is 15.9. The summed E-state index contributed by atoms with van der Waals surface area (Å²) in [4.78, 5) is 31.7. The molecule has 0 bridgehead atoms. The van der Waals surface area contributed by atoms with Crippen molar-refractivity contribution in [2.24, 2.45) is 0 Å². The third-order valence-electron chi connectivity index (χ3n) is 5.23. The minimum atomic E-state index is -1.05. The van der Waals surface area contributed by atoms with Crippen LogP contribution in [0.3, 0.4) is 0 Å². The molecule has 7 heteroatoms. The number of fused-ring (bicyclic) bond motifs is 3. The fourth-order valence-corrected chi connectivity index (χ4v) is 3.91. The first-order valence-electron chi connectivity index (χ1n) is 8.87. The van der Waals surface area contributed by atoms with Crippen molar-refractivity contribution in [1.82, 2.24) is 19.6 Å². The van der Waals surface area contributed by atoms with Crippen molar-refractivity contribution in [2.75, 3.05) is 6.61 Å². The zero-order valence-electron chi connectivity index (χ0n) is 14.8. The van der Waals surface area contributed by atoms with Crippen LogP contribution in [0.5, 0.6) is 5.75 Å². The van der Waals surface area contributed by atoms with Crippen molar-refractivity contribution in [3.63, 3.8) is 0 Å². The number of urea groups is 1. The number of imide groups is 1. The number of aromatic nitrogens is 2. The Labute approximate surface area is 155 Å². The molecule has 0 aliphatic carbocycles. The van der Waals surface area contributed by atoms with Gasteiger partial charge in [0.25, 0.3) is 5.91 Å². The Bertz CT molecular complexity index is 1090. The van der Waals surface area contributed by atoms with Gasteiger partial charge in [-0.15, -0.1) is 0 Å². The lowest BCUT2D eigenvalue weighted by molar-refractivity contribution is -0.133. The lowest BCUT2D eigenvalue weighted by Gasteiger charge is -2.33. The smallest absolute Gasteiger partial charge is 0.325 e. The summed E-state index contributed by atoms with van der Waals surface area (Å²) in [6, 6.07) is 10.9. The number of hydrogen-bond donors (Lipinski definition) is 1. The third-order valence-corrected chi connectivity index (χ3v) is 5.23. The van der Waals surface area contributed by atoms with Gasteiger partial charge >= 0.3 is 6.03 Å². The van der Waals surface area contributed by atoms with Gasteiger partial charge in [0.05, 0.1) is 18.8 Å². The van der Waals surface area contributed by atoms with Crippen LogP contribution in [0.2, 0.25) is 0 Å². The third kappa shape index (κ3) is 2.31. The maximum atomic E-state index is 13.3. The minimum Gasteiger partial charge on any atom is -0.493 e. The summed E-state index contributed by atoms with van der Waals surface area (Å²) in [6.07, 6.45) is 4.23. The Hall–Kier alpha value is -3.35. The zero-order chi connectivity index (χ0) is 18.6. The lowest BCUT2D eigenvalue weighted by atomic mass is 9.84. The predicted molar refractivity (Wildman–Crippen MR) is 97.2 cm³/mol. The van der Waals surface area contributed by atoms with Crippen LogP contribution < -0.4 is 10.1 Å². The number of para-hydroxylation sites is 1. The fourth-order valence-electron chi connectivity index (χ4n) is 3.91. The Morgan fingerprint density at radius 1 is 1.19 bits per heavy atom. The van der Waals surface area contributed by atoms with Crippen LogP contribution in [-0.2, 0) is 16.9 Å². The molecule has 0 radical (unpaired) electrons. The molecule has 136 valence electrons. The number of aryl methyl sites for hydroxylation is 1. The molecule has 1 saturated heterocycles. The topological polar surface area (TPSA) is 75.9 Å². The summed E-state index contributed by atoms with van der Waals surface area (Å²) >= 11 is 0. The largest absolute Gasteiger partial charge is 0.493 e. The molecule has 27 heavy (non-hydrogen) atoms. The second kappa shape index (κ2) is 5.57. The van der Waals surface area contributed by atoms with Crippen molar-refractivity contribution < 1.29 is 14.3 Å². The Morgan fingerprint density at radius 3 is 2.93 bits per heavy atom. The standard InChI is InChI=1S/C20H18N4O3/c1-13-6-7-17-21-14(11-23(17)10-13)12-24-18(25)20(22-19(24)26)8-9-27-16-5-3-2-4-15(16)20/h2-7,10-11H,8-9,12H2,1H3,(H,22,26). The van der Waals surface area contributed by atoms with Crippen molar-refractivity contribution in [2.45, 2.75) is 25.4 Å². The summed E-state index contributed by atoms with van der Waals surface area (Å²) in [5.74, 6) is 0.388. The Morgan fingerprint density at radius 2 is 2.04 bits per heavy atom. The number of pyridine rings is 1. The van der Waals surface area contributed by atoms with Crippen LogP contribution in [0.25, 0.3) is 5.65 Å². The number of nitrogens with zero attached hydrogens (tertiary/aromatic N) is 3. The van der Waals surface area contributed by atoms with Crippen molar-refractivity contribution in [3.8, 4) is 5.75 Å². The number of amides is 3. The highest BCUT2D eigenvalue weighted by molar-refractivity contribution is 6.07. The second-order valence-corrected chi connectivity index (χ2v) is 7.03. The number of rotatable bonds is 2. The summed E-state index contributed by atoms with van der Waals surface area (Å²) < 4.78 is 7.57. The molecule has 2 aromatic heterocycles. The molecule has 1 unspecified atom stereocenters. The Balaban J connectivity index is 1.50. The van der Waals surface area contributed by atoms with Gasteiger partial charge < -0.3 is 14.5 Å². The van der Waals surface area contributed by atoms with Crippen molar-refractivity contribution >= 4 is 17.6 Å². The molecule has 1 atom stereocenters. The van der Waals surface area contributed by atoms with E-state index in [0.717, 1.165) is 11.2 Å². The maximum absolute atomic E-state index is 13.3. The molecule has 5 rings (SSSR count). The maximum Gasteiger partial charge on any atom is 0.325 e. The van der Waals surface area contributed by atoms with Gasteiger partial charge in [-0.2, -0.15) is 0 Å². The van der Waals surface area contributed by atoms with Crippen molar-refractivity contribution in [1.29, 1.82) is 0 Å². The number of ether oxygens (including phenoxy) is 1. The number of carbonyl (C=O) groups is 2. The van der Waals surface area contributed by atoms with Crippen LogP contribution in [0.1, 0.15) is 23.2 Å². The first-order chi connectivity index (χ1) is 13.1. The van der Waals surface area contributed by atoms with Gasteiger partial charge in [0.2, 0.25) is 0 Å². The van der Waals surface area contributed by atoms with E-state index in [4.69, 9.17) is 4.74 Å². The van der Waals surface area contributed by atoms with Crippen molar-refractivity contribution in [3.05, 3.63) is 65.6 Å². The number of hydrogen-bond acceptors (Lipinski definition) is 4. The van der Waals surface area contributed by atoms with E-state index in [0.29, 0.717) is 30.0 Å². The number of nitrogens with one attached hydrogen (secondary N) is 1. The van der Waals surface area contributed by atoms with E-state index in [1.54, 1.807) is 0 Å². The van der Waals surface area contributed by atoms with Gasteiger partial charge in [-0.1, -0.05) is 24.3 Å². The SMILES string of the molecule is Cc1ccc2nc(CN3C(=O)NC4(CCOc5ccccc54)C3=O)cn2c1. The highest BCUT2D eigenvalue weighted by atomic mass is 16.5. The zero-order valence-corrected chi connectivity index (χ0v) is 14.8. The Kier molecular flexibility index (Phi) is 3.28. The van der Waals surface area contributed by atoms with E-state index >= 15 is 0 Å². The van der Waals surface area contributed by atoms with Crippen LogP contribution in [0.15, 0.2) is 48.8 Å². The molecule has 3 amide bonds. The monoisotopic (exact) mass is 362 g/mol. The summed E-state index contributed by atoms with van der Waals surface area (Å²) in [5, 5.41) is 2.91. The van der Waals surface area contributed by atoms with Gasteiger partial charge in [-0.05, 0) is 24.6 Å². The number of imidazole rings is 1. The molecule has 1 aromatic carbocycles. The summed E-state index contributed by atoms with van der Waals surface area (Å²) in [5.41, 5.74) is 2.22. The van der Waals surface area contributed by atoms with E-state index in [-0.39, 0.29) is 12.5 Å². The van der Waals surface area contributed by atoms with Gasteiger partial charge in [0, 0.05) is 24.4 Å². The molecule has 1 N–H and O–H groups in total. The number of benzene rings is 1. The molecule has 1 fully saturated rings. The highest BCUT2D eigenvalue weighted by Crippen LogP contribution is 2.41. The van der Waals surface area contributed by atoms with E-state index in [1.807, 2.05) is 60.1 Å². The van der Waals surface area contributed by atoms with Crippen LogP contribution in [0.4, 0.5) is 4.79 Å². The van der Waals surface area contributed by atoms with Gasteiger partial charge in [0.1, 0.15) is 11.4 Å². The molecule has 7 nitrogen and oxygen atoms in total. The van der Waals surface area contributed by atoms with Crippen LogP contribution in [0, 0.1) is 6.92 Å². The lowest BCUT2D eigenvalue weighted by Crippen LogP contribution is -2.47. The molecule has 2 aliphatic rings. The fraction of sp³-hybridized carbons (Fsp3) is 0.250. The van der Waals surface area contributed by atoms with Gasteiger partial charge in [0.15, 0.2) is 5.54 Å². The molecule has 2 aliphatic heterocycles. The van der Waals surface area contributed by atoms with E-state index in [9.17, 15) is 9.59 Å². The summed E-state index contributed by atoms with van der Waals surface area (Å²) in [6.45, 7) is 2.52. The van der Waals surface area contributed by atoms with Gasteiger partial charge in [-0.25, -0.2) is 9.78 Å². The molecular weight excluding hydrogens is 344 g/mol. The van der Waals surface area contributed by atoms with Crippen LogP contribution in [-0.4, -0.2) is 32.8 Å². The quantitative estimate of drug-likeness (QED) is 0.710. The van der Waals surface area contributed by atoms with E-state index in [1.165, 1.54) is 4.90 Å². The predicted octanol–water partition coefficient (Wildman–Crippen LogP) is 2.37. The van der Waals surface area contributed by atoms with Gasteiger partial charge in [-0.3, -0.25) is 9.69 Å². The number of carbonyl (C=O) groups excluding carboxylic acids is 2. The molecular formula is C20H18N4O3. The minimum absolute atomic E-state index is 0.135. The van der Waals surface area contributed by atoms with Crippen LogP contribution >= 0.6 is 0 Å². The second-order valence-electron chi connectivity index (χ2n) is 7.03. The molecule has 0 saturated carbocycles. The van der Waals surface area contributed by atoms with E-state index < -0.39 is 11.6 Å². The average molecular weight is 362 g/mol. The van der Waals surface area contributed by atoms with E-state index in [2.05, 4.69) is 10.3 Å². The molecule has 4 heterocycles. The highest BCUT2D eigenvalue weighted by Gasteiger charge is 2.54. The average Bonchev–Trinajstić information content (AvgIpc) is 3.16.